The fraction of sp³-hybridized carbons (Fsp3) is 0.571. The van der Waals surface area contributed by atoms with Crippen molar-refractivity contribution in [3.8, 4) is 0 Å². The molecule has 1 aromatic carbocycles. The van der Waals surface area contributed by atoms with E-state index in [2.05, 4.69) is 10.1 Å². The fourth-order valence-electron chi connectivity index (χ4n) is 3.29. The average molecular weight is 420 g/mol. The van der Waals surface area contributed by atoms with Gasteiger partial charge in [-0.2, -0.15) is 4.98 Å². The summed E-state index contributed by atoms with van der Waals surface area (Å²) in [4.78, 5) is 18.8. The van der Waals surface area contributed by atoms with Crippen LogP contribution in [-0.4, -0.2) is 42.5 Å². The summed E-state index contributed by atoms with van der Waals surface area (Å²) < 4.78 is 31.1. The van der Waals surface area contributed by atoms with E-state index in [0.717, 1.165) is 32.4 Å². The Labute approximate surface area is 172 Å². The molecule has 7 nitrogen and oxygen atoms in total. The number of carbonyl (C=O) groups is 1. The molecule has 1 aliphatic rings. The second-order valence-electron chi connectivity index (χ2n) is 8.71. The summed E-state index contributed by atoms with van der Waals surface area (Å²) in [5.41, 5.74) is 0.782. The zero-order valence-corrected chi connectivity index (χ0v) is 18.3. The molecule has 0 saturated carbocycles. The van der Waals surface area contributed by atoms with Gasteiger partial charge in [0.15, 0.2) is 15.7 Å². The van der Waals surface area contributed by atoms with E-state index in [1.165, 1.54) is 0 Å². The molecule has 1 aliphatic heterocycles. The molecule has 0 unspecified atom stereocenters. The number of nitrogens with zero attached hydrogens (tertiary/aromatic N) is 3. The number of amides is 1. The minimum absolute atomic E-state index is 0.0382. The van der Waals surface area contributed by atoms with Crippen molar-refractivity contribution in [3.63, 3.8) is 0 Å². The van der Waals surface area contributed by atoms with Crippen LogP contribution in [-0.2, 0) is 21.0 Å². The Bertz CT molecular complexity index is 970. The van der Waals surface area contributed by atoms with E-state index in [0.29, 0.717) is 17.0 Å². The summed E-state index contributed by atoms with van der Waals surface area (Å²) in [6.07, 6.45) is 3.17. The van der Waals surface area contributed by atoms with E-state index in [-0.39, 0.29) is 23.0 Å². The summed E-state index contributed by atoms with van der Waals surface area (Å²) in [6.45, 7) is 8.87. The van der Waals surface area contributed by atoms with E-state index < -0.39 is 15.1 Å². The molecule has 29 heavy (non-hydrogen) atoms. The number of hydrogen-bond acceptors (Lipinski definition) is 6. The number of carbonyl (C=O) groups excluding carboxylic acids is 1. The molecule has 1 aromatic heterocycles. The molecule has 8 heteroatoms. The van der Waals surface area contributed by atoms with Gasteiger partial charge in [0.05, 0.1) is 5.75 Å². The number of likely N-dealkylation sites (tertiary alicyclic amines) is 1. The molecule has 0 N–H and O–H groups in total. The van der Waals surface area contributed by atoms with Crippen LogP contribution in [0.15, 0.2) is 28.8 Å². The lowest BCUT2D eigenvalue weighted by atomic mass is 9.96. The van der Waals surface area contributed by atoms with Crippen molar-refractivity contribution < 1.29 is 17.7 Å². The van der Waals surface area contributed by atoms with E-state index >= 15 is 0 Å². The van der Waals surface area contributed by atoms with Gasteiger partial charge >= 0.3 is 0 Å². The normalized spacial score (nSPS) is 16.6. The molecule has 1 atom stereocenters. The maximum atomic E-state index is 12.9. The minimum Gasteiger partial charge on any atom is -0.339 e. The number of piperidine rings is 1. The van der Waals surface area contributed by atoms with Gasteiger partial charge < -0.3 is 9.42 Å². The second kappa shape index (κ2) is 8.26. The molecule has 1 fully saturated rings. The molecule has 3 rings (SSSR count). The Morgan fingerprint density at radius 2 is 1.90 bits per heavy atom. The van der Waals surface area contributed by atoms with Gasteiger partial charge in [0.2, 0.25) is 5.89 Å². The highest BCUT2D eigenvalue weighted by Gasteiger charge is 2.31. The number of rotatable bonds is 5. The summed E-state index contributed by atoms with van der Waals surface area (Å²) in [7, 11) is -3.59. The lowest BCUT2D eigenvalue weighted by Crippen LogP contribution is -2.35. The fourth-order valence-corrected chi connectivity index (χ4v) is 4.59. The molecule has 2 aromatic rings. The molecule has 1 amide bonds. The smallest absolute Gasteiger partial charge is 0.253 e. The van der Waals surface area contributed by atoms with Gasteiger partial charge in [-0.25, -0.2) is 8.42 Å². The van der Waals surface area contributed by atoms with E-state index in [1.807, 2.05) is 25.7 Å². The van der Waals surface area contributed by atoms with Crippen molar-refractivity contribution in [2.24, 2.45) is 0 Å². The van der Waals surface area contributed by atoms with Crippen molar-refractivity contribution in [2.75, 3.05) is 13.1 Å². The van der Waals surface area contributed by atoms with Crippen LogP contribution in [0.3, 0.4) is 0 Å². The Morgan fingerprint density at radius 3 is 2.52 bits per heavy atom. The van der Waals surface area contributed by atoms with Crippen LogP contribution in [0.1, 0.15) is 79.8 Å². The van der Waals surface area contributed by atoms with Crippen LogP contribution in [0.4, 0.5) is 0 Å². The maximum Gasteiger partial charge on any atom is 0.253 e. The summed E-state index contributed by atoms with van der Waals surface area (Å²) >= 11 is 0. The molecule has 0 bridgehead atoms. The number of aromatic nitrogens is 2. The lowest BCUT2D eigenvalue weighted by molar-refractivity contribution is 0.0724. The number of sulfone groups is 1. The minimum atomic E-state index is -3.59. The molecular weight excluding hydrogens is 390 g/mol. The predicted molar refractivity (Wildman–Crippen MR) is 110 cm³/mol. The van der Waals surface area contributed by atoms with E-state index in [9.17, 15) is 13.2 Å². The molecular formula is C21H29N3O4S. The van der Waals surface area contributed by atoms with Gasteiger partial charge in [0.1, 0.15) is 5.25 Å². The van der Waals surface area contributed by atoms with Crippen molar-refractivity contribution >= 4 is 15.7 Å². The maximum absolute atomic E-state index is 12.9. The molecule has 158 valence electrons. The SMILES string of the molecule is C[C@@H](c1nc(C(C)(C)C)no1)S(=O)(=O)Cc1cccc(C(=O)N2CCCCC2)c1. The Hall–Kier alpha value is -2.22. The first-order valence-corrected chi connectivity index (χ1v) is 11.7. The lowest BCUT2D eigenvalue weighted by Gasteiger charge is -2.26. The van der Waals surface area contributed by atoms with Crippen LogP contribution in [0, 0.1) is 0 Å². The molecule has 0 spiro atoms. The quantitative estimate of drug-likeness (QED) is 0.734. The number of hydrogen-bond donors (Lipinski definition) is 0. The van der Waals surface area contributed by atoms with Crippen LogP contribution in [0.25, 0.3) is 0 Å². The van der Waals surface area contributed by atoms with Gasteiger partial charge in [-0.05, 0) is 43.9 Å². The van der Waals surface area contributed by atoms with Gasteiger partial charge in [-0.15, -0.1) is 0 Å². The monoisotopic (exact) mass is 419 g/mol. The highest BCUT2D eigenvalue weighted by molar-refractivity contribution is 7.90. The first-order chi connectivity index (χ1) is 13.6. The van der Waals surface area contributed by atoms with Gasteiger partial charge in [0, 0.05) is 24.1 Å². The Balaban J connectivity index is 1.76. The van der Waals surface area contributed by atoms with Gasteiger partial charge in [0.25, 0.3) is 5.91 Å². The molecule has 2 heterocycles. The highest BCUT2D eigenvalue weighted by atomic mass is 32.2. The van der Waals surface area contributed by atoms with Crippen LogP contribution in [0.5, 0.6) is 0 Å². The summed E-state index contributed by atoms with van der Waals surface area (Å²) in [5, 5.41) is 2.99. The van der Waals surface area contributed by atoms with Crippen molar-refractivity contribution in [1.29, 1.82) is 0 Å². The third-order valence-corrected chi connectivity index (χ3v) is 7.20. The zero-order chi connectivity index (χ0) is 21.2. The molecule has 1 saturated heterocycles. The van der Waals surface area contributed by atoms with Gasteiger partial charge in [-0.3, -0.25) is 4.79 Å². The van der Waals surface area contributed by atoms with Crippen molar-refractivity contribution in [3.05, 3.63) is 47.1 Å². The van der Waals surface area contributed by atoms with E-state index in [4.69, 9.17) is 4.52 Å². The first kappa shape index (κ1) is 21.5. The second-order valence-corrected chi connectivity index (χ2v) is 11.0. The van der Waals surface area contributed by atoms with E-state index in [1.54, 1.807) is 31.2 Å². The van der Waals surface area contributed by atoms with Crippen LogP contribution in [0.2, 0.25) is 0 Å². The Kier molecular flexibility index (Phi) is 6.12. The molecule has 0 radical (unpaired) electrons. The largest absolute Gasteiger partial charge is 0.339 e. The van der Waals surface area contributed by atoms with Crippen molar-refractivity contribution in [1.82, 2.24) is 15.0 Å². The van der Waals surface area contributed by atoms with Crippen LogP contribution >= 0.6 is 0 Å². The third-order valence-electron chi connectivity index (χ3n) is 5.18. The standard InChI is InChI=1S/C21H29N3O4S/c1-15(18-22-20(23-28-18)21(2,3)4)29(26,27)14-16-9-8-10-17(13-16)19(25)24-11-6-5-7-12-24/h8-10,13,15H,5-7,11-12,14H2,1-4H3/t15-/m0/s1. The zero-order valence-electron chi connectivity index (χ0n) is 17.5. The first-order valence-electron chi connectivity index (χ1n) is 10.0. The average Bonchev–Trinajstić information content (AvgIpc) is 3.18. The Morgan fingerprint density at radius 1 is 1.21 bits per heavy atom. The summed E-state index contributed by atoms with van der Waals surface area (Å²) in [5.74, 6) is 0.338. The highest BCUT2D eigenvalue weighted by Crippen LogP contribution is 2.27. The van der Waals surface area contributed by atoms with Crippen molar-refractivity contribution in [2.45, 2.75) is 63.4 Å². The predicted octanol–water partition coefficient (Wildman–Crippen LogP) is 3.67. The third kappa shape index (κ3) is 5.04. The van der Waals surface area contributed by atoms with Gasteiger partial charge in [-0.1, -0.05) is 38.1 Å². The topological polar surface area (TPSA) is 93.4 Å². The molecule has 0 aliphatic carbocycles. The van der Waals surface area contributed by atoms with Crippen LogP contribution < -0.4 is 0 Å². The summed E-state index contributed by atoms with van der Waals surface area (Å²) in [6, 6.07) is 6.88. The number of benzene rings is 1.